The third kappa shape index (κ3) is 3.85. The van der Waals surface area contributed by atoms with Gasteiger partial charge >= 0.3 is 0 Å². The fourth-order valence-corrected chi connectivity index (χ4v) is 2.87. The molecule has 5 nitrogen and oxygen atoms in total. The molecule has 2 aromatic rings. The summed E-state index contributed by atoms with van der Waals surface area (Å²) >= 11 is 0. The van der Waals surface area contributed by atoms with Crippen LogP contribution in [0.3, 0.4) is 0 Å². The molecular formula is C17H26N4O. The third-order valence-corrected chi connectivity index (χ3v) is 3.74. The molecule has 0 radical (unpaired) electrons. The van der Waals surface area contributed by atoms with Crippen molar-refractivity contribution in [1.29, 1.82) is 0 Å². The molecular weight excluding hydrogens is 276 g/mol. The van der Waals surface area contributed by atoms with Crippen molar-refractivity contribution >= 4 is 16.8 Å². The van der Waals surface area contributed by atoms with Crippen LogP contribution in [0.5, 0.6) is 0 Å². The largest absolute Gasteiger partial charge is 0.348 e. The number of nitrogens with zero attached hydrogens (tertiary/aromatic N) is 2. The minimum Gasteiger partial charge on any atom is -0.348 e. The highest BCUT2D eigenvalue weighted by atomic mass is 16.1. The summed E-state index contributed by atoms with van der Waals surface area (Å²) in [5.41, 5.74) is 2.59. The van der Waals surface area contributed by atoms with Gasteiger partial charge in [0, 0.05) is 18.0 Å². The van der Waals surface area contributed by atoms with Crippen molar-refractivity contribution in [2.45, 2.75) is 33.2 Å². The molecule has 2 N–H and O–H groups in total. The number of H-pyrrole nitrogens is 1. The second kappa shape index (κ2) is 6.92. The molecule has 0 spiro atoms. The van der Waals surface area contributed by atoms with E-state index in [-0.39, 0.29) is 11.9 Å². The Morgan fingerprint density at radius 1 is 1.36 bits per heavy atom. The summed E-state index contributed by atoms with van der Waals surface area (Å²) in [6.07, 6.45) is 2.69. The second-order valence-electron chi connectivity index (χ2n) is 6.65. The summed E-state index contributed by atoms with van der Waals surface area (Å²) in [5.74, 6) is 0.521. The van der Waals surface area contributed by atoms with Gasteiger partial charge in [-0.25, -0.2) is 0 Å². The molecule has 0 fully saturated rings. The highest BCUT2D eigenvalue weighted by Crippen LogP contribution is 2.20. The van der Waals surface area contributed by atoms with Gasteiger partial charge in [0.05, 0.1) is 17.3 Å². The van der Waals surface area contributed by atoms with Gasteiger partial charge in [0.25, 0.3) is 5.91 Å². The van der Waals surface area contributed by atoms with Crippen molar-refractivity contribution in [1.82, 2.24) is 20.4 Å². The number of aryl methyl sites for hydroxylation is 1. The molecule has 0 aliphatic heterocycles. The molecule has 1 amide bonds. The zero-order valence-electron chi connectivity index (χ0n) is 14.1. The minimum absolute atomic E-state index is 0.0167. The Labute approximate surface area is 132 Å². The first-order chi connectivity index (χ1) is 10.4. The van der Waals surface area contributed by atoms with Gasteiger partial charge in [0.2, 0.25) is 0 Å². The number of likely N-dealkylation sites (N-methyl/N-ethyl adjacent to an activating group) is 1. The van der Waals surface area contributed by atoms with E-state index in [9.17, 15) is 4.79 Å². The van der Waals surface area contributed by atoms with Crippen molar-refractivity contribution in [2.24, 2.45) is 5.92 Å². The molecule has 1 atom stereocenters. The third-order valence-electron chi connectivity index (χ3n) is 3.74. The summed E-state index contributed by atoms with van der Waals surface area (Å²) < 4.78 is 0. The van der Waals surface area contributed by atoms with Crippen molar-refractivity contribution in [3.05, 3.63) is 29.5 Å². The van der Waals surface area contributed by atoms with E-state index in [0.29, 0.717) is 5.92 Å². The van der Waals surface area contributed by atoms with E-state index in [1.54, 1.807) is 6.20 Å². The Kier molecular flexibility index (Phi) is 5.19. The van der Waals surface area contributed by atoms with E-state index in [2.05, 4.69) is 34.3 Å². The summed E-state index contributed by atoms with van der Waals surface area (Å²) in [5, 5.41) is 11.0. The van der Waals surface area contributed by atoms with Crippen LogP contribution in [0.1, 0.15) is 36.2 Å². The highest BCUT2D eigenvalue weighted by molar-refractivity contribution is 6.07. The van der Waals surface area contributed by atoms with Crippen LogP contribution in [0, 0.1) is 12.8 Å². The number of benzene rings is 1. The van der Waals surface area contributed by atoms with E-state index in [4.69, 9.17) is 0 Å². The van der Waals surface area contributed by atoms with Gasteiger partial charge in [-0.1, -0.05) is 19.9 Å². The number of hydrogen-bond acceptors (Lipinski definition) is 3. The van der Waals surface area contributed by atoms with Gasteiger partial charge in [-0.2, -0.15) is 5.10 Å². The predicted octanol–water partition coefficient (Wildman–Crippen LogP) is 2.58. The maximum Gasteiger partial charge on any atom is 0.252 e. The highest BCUT2D eigenvalue weighted by Gasteiger charge is 2.19. The van der Waals surface area contributed by atoms with E-state index in [1.165, 1.54) is 0 Å². The first-order valence-electron chi connectivity index (χ1n) is 7.76. The van der Waals surface area contributed by atoms with Gasteiger partial charge in [0.1, 0.15) is 0 Å². The Morgan fingerprint density at radius 2 is 2.09 bits per heavy atom. The molecule has 120 valence electrons. The van der Waals surface area contributed by atoms with Crippen molar-refractivity contribution in [3.8, 4) is 0 Å². The number of amides is 1. The van der Waals surface area contributed by atoms with Gasteiger partial charge in [-0.15, -0.1) is 0 Å². The Morgan fingerprint density at radius 3 is 2.73 bits per heavy atom. The van der Waals surface area contributed by atoms with Crippen LogP contribution in [0.2, 0.25) is 0 Å². The van der Waals surface area contributed by atoms with Crippen LogP contribution in [0.25, 0.3) is 10.9 Å². The van der Waals surface area contributed by atoms with E-state index in [1.807, 2.05) is 33.2 Å². The van der Waals surface area contributed by atoms with Crippen molar-refractivity contribution in [3.63, 3.8) is 0 Å². The van der Waals surface area contributed by atoms with Crippen LogP contribution in [0.15, 0.2) is 18.3 Å². The lowest BCUT2D eigenvalue weighted by atomic mass is 10.0. The van der Waals surface area contributed by atoms with Crippen LogP contribution < -0.4 is 5.32 Å². The van der Waals surface area contributed by atoms with Crippen LogP contribution >= 0.6 is 0 Å². The molecule has 1 aromatic carbocycles. The number of rotatable bonds is 6. The number of carbonyl (C=O) groups is 1. The zero-order valence-corrected chi connectivity index (χ0v) is 14.1. The fraction of sp³-hybridized carbons (Fsp3) is 0.529. The number of aromatic amines is 1. The number of fused-ring (bicyclic) bond motifs is 1. The molecule has 0 unspecified atom stereocenters. The smallest absolute Gasteiger partial charge is 0.252 e. The molecule has 0 aliphatic rings. The van der Waals surface area contributed by atoms with Crippen LogP contribution in [0.4, 0.5) is 0 Å². The lowest BCUT2D eigenvalue weighted by Crippen LogP contribution is -2.42. The number of nitrogens with one attached hydrogen (secondary N) is 2. The van der Waals surface area contributed by atoms with Crippen LogP contribution in [-0.4, -0.2) is 47.7 Å². The summed E-state index contributed by atoms with van der Waals surface area (Å²) in [4.78, 5) is 14.9. The first kappa shape index (κ1) is 16.5. The topological polar surface area (TPSA) is 61.0 Å². The van der Waals surface area contributed by atoms with Gasteiger partial charge in [-0.3, -0.25) is 9.89 Å². The lowest BCUT2D eigenvalue weighted by molar-refractivity contribution is 0.0925. The molecule has 0 bridgehead atoms. The van der Waals surface area contributed by atoms with E-state index < -0.39 is 0 Å². The average molecular weight is 302 g/mol. The molecule has 0 saturated heterocycles. The van der Waals surface area contributed by atoms with Crippen molar-refractivity contribution in [2.75, 3.05) is 20.6 Å². The number of aromatic nitrogens is 2. The lowest BCUT2D eigenvalue weighted by Gasteiger charge is -2.24. The zero-order chi connectivity index (χ0) is 16.3. The molecule has 1 heterocycles. The molecule has 5 heteroatoms. The normalized spacial score (nSPS) is 13.0. The van der Waals surface area contributed by atoms with Gasteiger partial charge in [0.15, 0.2) is 0 Å². The second-order valence-corrected chi connectivity index (χ2v) is 6.65. The number of hydrogen-bond donors (Lipinski definition) is 2. The summed E-state index contributed by atoms with van der Waals surface area (Å²) in [6.45, 7) is 7.16. The predicted molar refractivity (Wildman–Crippen MR) is 90.1 cm³/mol. The molecule has 0 aliphatic carbocycles. The summed E-state index contributed by atoms with van der Waals surface area (Å²) in [7, 11) is 4.06. The van der Waals surface area contributed by atoms with Crippen LogP contribution in [-0.2, 0) is 0 Å². The van der Waals surface area contributed by atoms with Crippen molar-refractivity contribution < 1.29 is 4.79 Å². The molecule has 22 heavy (non-hydrogen) atoms. The monoisotopic (exact) mass is 302 g/mol. The molecule has 2 rings (SSSR count). The Hall–Kier alpha value is -1.88. The Balaban J connectivity index is 2.24. The maximum atomic E-state index is 12.8. The van der Waals surface area contributed by atoms with Gasteiger partial charge in [-0.05, 0) is 45.0 Å². The number of carbonyl (C=O) groups excluding carboxylic acids is 1. The fourth-order valence-electron chi connectivity index (χ4n) is 2.87. The van der Waals surface area contributed by atoms with E-state index in [0.717, 1.165) is 35.0 Å². The van der Waals surface area contributed by atoms with E-state index >= 15 is 0 Å². The Bertz CT molecular complexity index is 635. The molecule has 1 aromatic heterocycles. The first-order valence-corrected chi connectivity index (χ1v) is 7.76. The minimum atomic E-state index is -0.0167. The quantitative estimate of drug-likeness (QED) is 0.862. The molecule has 0 saturated carbocycles. The maximum absolute atomic E-state index is 12.8. The average Bonchev–Trinajstić information content (AvgIpc) is 2.84. The standard InChI is InChI=1S/C17H26N4O/c1-11(2)8-13(10-21(4)5)19-17(22)16-12(3)6-7-15-14(16)9-18-20-15/h6-7,9,11,13H,8,10H2,1-5H3,(H,18,20)(H,19,22)/t13-/m0/s1. The summed E-state index contributed by atoms with van der Waals surface area (Å²) in [6, 6.07) is 4.06. The van der Waals surface area contributed by atoms with Gasteiger partial charge < -0.3 is 10.2 Å². The SMILES string of the molecule is Cc1ccc2[nH]ncc2c1C(=O)N[C@@H](CC(C)C)CN(C)C.